The maximum Gasteiger partial charge on any atom is 0.141 e. The summed E-state index contributed by atoms with van der Waals surface area (Å²) in [4.78, 5) is 8.10. The van der Waals surface area contributed by atoms with E-state index in [-0.39, 0.29) is 11.9 Å². The molecule has 2 aromatic heterocycles. The fourth-order valence-electron chi connectivity index (χ4n) is 1.43. The minimum Gasteiger partial charge on any atom is -0.324 e. The van der Waals surface area contributed by atoms with Crippen LogP contribution < -0.4 is 5.73 Å². The van der Waals surface area contributed by atoms with Crippen LogP contribution in [0.4, 0.5) is 4.39 Å². The minimum absolute atomic E-state index is 0.256. The predicted octanol–water partition coefficient (Wildman–Crippen LogP) is 2.23. The highest BCUT2D eigenvalue weighted by Crippen LogP contribution is 2.18. The van der Waals surface area contributed by atoms with Crippen LogP contribution in [0, 0.1) is 12.7 Å². The second kappa shape index (κ2) is 4.67. The molecule has 84 valence electrons. The molecule has 0 aromatic carbocycles. The van der Waals surface area contributed by atoms with E-state index in [1.54, 1.807) is 17.5 Å². The van der Waals surface area contributed by atoms with Crippen molar-refractivity contribution < 1.29 is 4.39 Å². The normalized spacial score (nSPS) is 12.7. The molecule has 1 atom stereocenters. The number of pyridine rings is 1. The van der Waals surface area contributed by atoms with Crippen LogP contribution in [-0.2, 0) is 6.42 Å². The van der Waals surface area contributed by atoms with Crippen LogP contribution in [0.15, 0.2) is 23.8 Å². The largest absolute Gasteiger partial charge is 0.324 e. The summed E-state index contributed by atoms with van der Waals surface area (Å²) >= 11 is 1.57. The van der Waals surface area contributed by atoms with Crippen LogP contribution >= 0.6 is 11.3 Å². The van der Waals surface area contributed by atoms with Crippen LogP contribution in [0.5, 0.6) is 0 Å². The van der Waals surface area contributed by atoms with Gasteiger partial charge >= 0.3 is 0 Å². The van der Waals surface area contributed by atoms with Crippen molar-refractivity contribution in [2.45, 2.75) is 19.4 Å². The van der Waals surface area contributed by atoms with Gasteiger partial charge in [0.15, 0.2) is 0 Å². The Balaban J connectivity index is 2.11. The Labute approximate surface area is 97.2 Å². The second-order valence-corrected chi connectivity index (χ2v) is 4.57. The predicted molar refractivity (Wildman–Crippen MR) is 61.7 cm³/mol. The van der Waals surface area contributed by atoms with Gasteiger partial charge in [-0.15, -0.1) is 11.3 Å². The first-order valence-corrected chi connectivity index (χ1v) is 5.80. The zero-order valence-electron chi connectivity index (χ0n) is 8.85. The lowest BCUT2D eigenvalue weighted by Gasteiger charge is -2.09. The smallest absolute Gasteiger partial charge is 0.141 e. The first-order chi connectivity index (χ1) is 7.65. The van der Waals surface area contributed by atoms with E-state index in [4.69, 9.17) is 5.73 Å². The molecule has 2 rings (SSSR count). The highest BCUT2D eigenvalue weighted by molar-refractivity contribution is 7.09. The third-order valence-corrected chi connectivity index (χ3v) is 3.20. The van der Waals surface area contributed by atoms with Crippen molar-refractivity contribution in [1.82, 2.24) is 9.97 Å². The monoisotopic (exact) mass is 237 g/mol. The van der Waals surface area contributed by atoms with Gasteiger partial charge in [-0.25, -0.2) is 9.37 Å². The molecule has 0 spiro atoms. The maximum atomic E-state index is 12.9. The summed E-state index contributed by atoms with van der Waals surface area (Å²) < 4.78 is 12.9. The first-order valence-electron chi connectivity index (χ1n) is 4.92. The molecule has 0 aliphatic carbocycles. The highest BCUT2D eigenvalue weighted by Gasteiger charge is 2.10. The van der Waals surface area contributed by atoms with Crippen molar-refractivity contribution in [1.29, 1.82) is 0 Å². The fraction of sp³-hybridized carbons (Fsp3) is 0.273. The number of halogens is 1. The Morgan fingerprint density at radius 1 is 1.50 bits per heavy atom. The zero-order chi connectivity index (χ0) is 11.5. The average molecular weight is 237 g/mol. The molecule has 0 fully saturated rings. The van der Waals surface area contributed by atoms with Crippen LogP contribution in [0.1, 0.15) is 22.3 Å². The van der Waals surface area contributed by atoms with Gasteiger partial charge in [-0.3, -0.25) is 4.98 Å². The minimum atomic E-state index is -0.358. The summed E-state index contributed by atoms with van der Waals surface area (Å²) in [5.74, 6) is -0.358. The first kappa shape index (κ1) is 11.2. The molecule has 3 nitrogen and oxygen atoms in total. The third-order valence-electron chi connectivity index (χ3n) is 2.22. The van der Waals surface area contributed by atoms with Crippen LogP contribution in [0.25, 0.3) is 0 Å². The molecule has 0 saturated carbocycles. The van der Waals surface area contributed by atoms with E-state index in [0.717, 1.165) is 10.7 Å². The molecule has 0 radical (unpaired) electrons. The molecular formula is C11H12FN3S. The number of rotatable bonds is 3. The van der Waals surface area contributed by atoms with Gasteiger partial charge in [-0.05, 0) is 18.6 Å². The van der Waals surface area contributed by atoms with Gasteiger partial charge in [-0.2, -0.15) is 0 Å². The average Bonchev–Trinajstić information content (AvgIpc) is 2.64. The number of hydrogen-bond donors (Lipinski definition) is 1. The van der Waals surface area contributed by atoms with Gasteiger partial charge in [0, 0.05) is 29.7 Å². The van der Waals surface area contributed by atoms with Crippen LogP contribution in [0.2, 0.25) is 0 Å². The summed E-state index contributed by atoms with van der Waals surface area (Å²) in [5.41, 5.74) is 7.66. The van der Waals surface area contributed by atoms with Gasteiger partial charge in [-0.1, -0.05) is 0 Å². The van der Waals surface area contributed by atoms with Gasteiger partial charge in [0.1, 0.15) is 5.82 Å². The van der Waals surface area contributed by atoms with Crippen molar-refractivity contribution in [3.8, 4) is 0 Å². The number of thiazole rings is 1. The summed E-state index contributed by atoms with van der Waals surface area (Å²) in [7, 11) is 0. The quantitative estimate of drug-likeness (QED) is 0.890. The molecule has 2 aromatic rings. The molecule has 16 heavy (non-hydrogen) atoms. The van der Waals surface area contributed by atoms with E-state index in [1.165, 1.54) is 12.3 Å². The van der Waals surface area contributed by atoms with E-state index in [2.05, 4.69) is 9.97 Å². The molecule has 0 aliphatic rings. The van der Waals surface area contributed by atoms with Crippen molar-refractivity contribution in [2.24, 2.45) is 5.73 Å². The van der Waals surface area contributed by atoms with Crippen LogP contribution in [0.3, 0.4) is 0 Å². The van der Waals surface area contributed by atoms with E-state index in [1.807, 2.05) is 12.3 Å². The SMILES string of the molecule is Cc1csc(CC(N)c2cncc(F)c2)n1. The number of nitrogens with zero attached hydrogens (tertiary/aromatic N) is 2. The molecule has 5 heteroatoms. The lowest BCUT2D eigenvalue weighted by Crippen LogP contribution is -2.13. The topological polar surface area (TPSA) is 51.8 Å². The van der Waals surface area contributed by atoms with Crippen molar-refractivity contribution in [2.75, 3.05) is 0 Å². The van der Waals surface area contributed by atoms with Crippen LogP contribution in [-0.4, -0.2) is 9.97 Å². The van der Waals surface area contributed by atoms with Gasteiger partial charge in [0.25, 0.3) is 0 Å². The van der Waals surface area contributed by atoms with Crippen molar-refractivity contribution in [3.63, 3.8) is 0 Å². The van der Waals surface area contributed by atoms with E-state index in [0.29, 0.717) is 12.0 Å². The lowest BCUT2D eigenvalue weighted by atomic mass is 10.1. The number of aromatic nitrogens is 2. The summed E-state index contributed by atoms with van der Waals surface area (Å²) in [6.45, 7) is 1.94. The molecule has 1 unspecified atom stereocenters. The molecule has 0 saturated heterocycles. The summed E-state index contributed by atoms with van der Waals surface area (Å²) in [6, 6.07) is 1.16. The Morgan fingerprint density at radius 2 is 2.31 bits per heavy atom. The van der Waals surface area contributed by atoms with Crippen molar-refractivity contribution in [3.05, 3.63) is 45.9 Å². The van der Waals surface area contributed by atoms with E-state index in [9.17, 15) is 4.39 Å². The van der Waals surface area contributed by atoms with E-state index >= 15 is 0 Å². The molecular weight excluding hydrogens is 225 g/mol. The van der Waals surface area contributed by atoms with E-state index < -0.39 is 0 Å². The Hall–Kier alpha value is -1.33. The van der Waals surface area contributed by atoms with Crippen molar-refractivity contribution >= 4 is 11.3 Å². The van der Waals surface area contributed by atoms with Gasteiger partial charge in [0.05, 0.1) is 11.2 Å². The Bertz CT molecular complexity index is 484. The molecule has 0 aliphatic heterocycles. The summed E-state index contributed by atoms with van der Waals surface area (Å²) in [6.07, 6.45) is 3.38. The highest BCUT2D eigenvalue weighted by atomic mass is 32.1. The number of aryl methyl sites for hydroxylation is 1. The Kier molecular flexibility index (Phi) is 3.26. The molecule has 0 amide bonds. The van der Waals surface area contributed by atoms with Gasteiger partial charge < -0.3 is 5.73 Å². The molecule has 2 N–H and O–H groups in total. The van der Waals surface area contributed by atoms with Gasteiger partial charge in [0.2, 0.25) is 0 Å². The lowest BCUT2D eigenvalue weighted by molar-refractivity contribution is 0.610. The zero-order valence-corrected chi connectivity index (χ0v) is 9.67. The Morgan fingerprint density at radius 3 is 2.94 bits per heavy atom. The maximum absolute atomic E-state index is 12.9. The number of nitrogens with two attached hydrogens (primary N) is 1. The number of hydrogen-bond acceptors (Lipinski definition) is 4. The molecule has 2 heterocycles. The standard InChI is InChI=1S/C11H12FN3S/c1-7-6-16-11(15-7)3-10(13)8-2-9(12)5-14-4-8/h2,4-6,10H,3,13H2,1H3. The molecule has 0 bridgehead atoms. The second-order valence-electron chi connectivity index (χ2n) is 3.63. The summed E-state index contributed by atoms with van der Waals surface area (Å²) in [5, 5.41) is 2.94. The third kappa shape index (κ3) is 2.62. The fourth-order valence-corrected chi connectivity index (χ4v) is 2.27.